The van der Waals surface area contributed by atoms with Gasteiger partial charge >= 0.3 is 0 Å². The third kappa shape index (κ3) is 3.90. The van der Waals surface area contributed by atoms with Gasteiger partial charge in [0.2, 0.25) is 0 Å². The van der Waals surface area contributed by atoms with Crippen molar-refractivity contribution in [3.63, 3.8) is 0 Å². The van der Waals surface area contributed by atoms with Crippen molar-refractivity contribution in [2.24, 2.45) is 0 Å². The topological polar surface area (TPSA) is 44.3 Å². The predicted molar refractivity (Wildman–Crippen MR) is 83.0 cm³/mol. The molecule has 1 saturated heterocycles. The fourth-order valence-corrected chi connectivity index (χ4v) is 2.48. The van der Waals surface area contributed by atoms with Gasteiger partial charge < -0.3 is 10.2 Å². The van der Waals surface area contributed by atoms with Crippen LogP contribution in [0.2, 0.25) is 0 Å². The van der Waals surface area contributed by atoms with E-state index in [0.29, 0.717) is 0 Å². The first kappa shape index (κ1) is 15.2. The Morgan fingerprint density at radius 2 is 1.80 bits per heavy atom. The molecule has 0 aliphatic carbocycles. The number of nitrogens with one attached hydrogen (secondary N) is 1. The molecule has 0 atom stereocenters. The van der Waals surface area contributed by atoms with Gasteiger partial charge in [-0.3, -0.25) is 4.90 Å². The van der Waals surface area contributed by atoms with Crippen LogP contribution in [0.4, 0.5) is 5.82 Å². The van der Waals surface area contributed by atoms with Crippen LogP contribution in [-0.2, 0) is 6.54 Å². The van der Waals surface area contributed by atoms with Crippen LogP contribution in [0.5, 0.6) is 0 Å². The van der Waals surface area contributed by atoms with Gasteiger partial charge in [-0.25, -0.2) is 0 Å². The fraction of sp³-hybridized carbons (Fsp3) is 0.733. The van der Waals surface area contributed by atoms with Crippen molar-refractivity contribution < 1.29 is 0 Å². The van der Waals surface area contributed by atoms with E-state index in [1.165, 1.54) is 0 Å². The highest BCUT2D eigenvalue weighted by molar-refractivity contribution is 5.38. The van der Waals surface area contributed by atoms with E-state index < -0.39 is 0 Å². The van der Waals surface area contributed by atoms with Gasteiger partial charge in [0.15, 0.2) is 5.82 Å². The van der Waals surface area contributed by atoms with Crippen molar-refractivity contribution in [1.29, 1.82) is 0 Å². The Kier molecular flexibility index (Phi) is 4.94. The molecule has 1 aliphatic rings. The lowest BCUT2D eigenvalue weighted by Crippen LogP contribution is -2.53. The van der Waals surface area contributed by atoms with Gasteiger partial charge in [0, 0.05) is 38.3 Å². The number of piperazine rings is 1. The molecule has 0 aromatic carbocycles. The zero-order valence-electron chi connectivity index (χ0n) is 13.2. The summed E-state index contributed by atoms with van der Waals surface area (Å²) in [4.78, 5) is 4.85. The molecule has 0 radical (unpaired) electrons. The van der Waals surface area contributed by atoms with E-state index in [-0.39, 0.29) is 5.54 Å². The second-order valence-electron chi connectivity index (χ2n) is 6.31. The van der Waals surface area contributed by atoms with E-state index in [1.807, 2.05) is 0 Å². The van der Waals surface area contributed by atoms with Crippen LogP contribution in [0.3, 0.4) is 0 Å². The Hall–Kier alpha value is -1.20. The average Bonchev–Trinajstić information content (AvgIpc) is 2.45. The molecule has 1 fully saturated rings. The van der Waals surface area contributed by atoms with Gasteiger partial charge in [-0.15, -0.1) is 5.10 Å². The molecule has 1 aliphatic heterocycles. The van der Waals surface area contributed by atoms with Gasteiger partial charge in [-0.05, 0) is 39.4 Å². The minimum Gasteiger partial charge on any atom is -0.353 e. The standard InChI is InChI=1S/C15H27N5/c1-5-16-12-13-6-7-14(18-17-13)19-8-10-20(11-9-19)15(2,3)4/h6-7,16H,5,8-12H2,1-4H3. The van der Waals surface area contributed by atoms with Gasteiger partial charge in [-0.1, -0.05) is 6.92 Å². The highest BCUT2D eigenvalue weighted by Crippen LogP contribution is 2.18. The van der Waals surface area contributed by atoms with Crippen LogP contribution in [0.1, 0.15) is 33.4 Å². The third-order valence-corrected chi connectivity index (χ3v) is 3.81. The molecule has 2 heterocycles. The molecule has 5 nitrogen and oxygen atoms in total. The third-order valence-electron chi connectivity index (χ3n) is 3.81. The Morgan fingerprint density at radius 1 is 1.10 bits per heavy atom. The summed E-state index contributed by atoms with van der Waals surface area (Å²) in [7, 11) is 0. The van der Waals surface area contributed by atoms with Crippen molar-refractivity contribution in [3.8, 4) is 0 Å². The number of rotatable bonds is 4. The van der Waals surface area contributed by atoms with Crippen molar-refractivity contribution in [2.45, 2.75) is 39.8 Å². The highest BCUT2D eigenvalue weighted by Gasteiger charge is 2.26. The summed E-state index contributed by atoms with van der Waals surface area (Å²) in [5, 5.41) is 11.9. The minimum atomic E-state index is 0.257. The van der Waals surface area contributed by atoms with Gasteiger partial charge in [0.25, 0.3) is 0 Å². The second kappa shape index (κ2) is 6.50. The summed E-state index contributed by atoms with van der Waals surface area (Å²) >= 11 is 0. The summed E-state index contributed by atoms with van der Waals surface area (Å²) in [5.41, 5.74) is 1.26. The van der Waals surface area contributed by atoms with E-state index in [1.54, 1.807) is 0 Å². The number of hydrogen-bond acceptors (Lipinski definition) is 5. The first-order valence-electron chi connectivity index (χ1n) is 7.54. The van der Waals surface area contributed by atoms with E-state index in [4.69, 9.17) is 0 Å². The van der Waals surface area contributed by atoms with E-state index in [2.05, 4.69) is 65.1 Å². The van der Waals surface area contributed by atoms with Crippen LogP contribution in [-0.4, -0.2) is 53.4 Å². The predicted octanol–water partition coefficient (Wildman–Crippen LogP) is 1.51. The molecular formula is C15H27N5. The molecule has 1 N–H and O–H groups in total. The van der Waals surface area contributed by atoms with Crippen LogP contribution in [0.15, 0.2) is 12.1 Å². The fourth-order valence-electron chi connectivity index (χ4n) is 2.48. The zero-order valence-corrected chi connectivity index (χ0v) is 13.2. The molecule has 20 heavy (non-hydrogen) atoms. The van der Waals surface area contributed by atoms with Crippen molar-refractivity contribution in [3.05, 3.63) is 17.8 Å². The van der Waals surface area contributed by atoms with Crippen LogP contribution >= 0.6 is 0 Å². The molecular weight excluding hydrogens is 250 g/mol. The summed E-state index contributed by atoms with van der Waals surface area (Å²) in [5.74, 6) is 0.999. The van der Waals surface area contributed by atoms with Crippen LogP contribution in [0.25, 0.3) is 0 Å². The minimum absolute atomic E-state index is 0.257. The Labute approximate surface area is 122 Å². The Morgan fingerprint density at radius 3 is 2.30 bits per heavy atom. The Balaban J connectivity index is 1.90. The molecule has 112 valence electrons. The normalized spacial score (nSPS) is 17.5. The summed E-state index contributed by atoms with van der Waals surface area (Å²) in [6.45, 7) is 14.9. The zero-order chi connectivity index (χ0) is 14.6. The van der Waals surface area contributed by atoms with E-state index in [9.17, 15) is 0 Å². The van der Waals surface area contributed by atoms with E-state index >= 15 is 0 Å². The lowest BCUT2D eigenvalue weighted by atomic mass is 10.1. The number of aromatic nitrogens is 2. The molecule has 0 spiro atoms. The maximum atomic E-state index is 4.36. The van der Waals surface area contributed by atoms with Crippen molar-refractivity contribution >= 4 is 5.82 Å². The van der Waals surface area contributed by atoms with Gasteiger partial charge in [-0.2, -0.15) is 5.10 Å². The number of nitrogens with zero attached hydrogens (tertiary/aromatic N) is 4. The molecule has 0 saturated carbocycles. The SMILES string of the molecule is CCNCc1ccc(N2CCN(C(C)(C)C)CC2)nn1. The number of hydrogen-bond donors (Lipinski definition) is 1. The quantitative estimate of drug-likeness (QED) is 0.904. The average molecular weight is 277 g/mol. The Bertz CT molecular complexity index is 401. The second-order valence-corrected chi connectivity index (χ2v) is 6.31. The lowest BCUT2D eigenvalue weighted by molar-refractivity contribution is 0.128. The maximum Gasteiger partial charge on any atom is 0.151 e. The molecule has 0 amide bonds. The summed E-state index contributed by atoms with van der Waals surface area (Å²) in [6, 6.07) is 4.16. The smallest absolute Gasteiger partial charge is 0.151 e. The van der Waals surface area contributed by atoms with Gasteiger partial charge in [0.05, 0.1) is 5.69 Å². The largest absolute Gasteiger partial charge is 0.353 e. The van der Waals surface area contributed by atoms with Crippen molar-refractivity contribution in [2.75, 3.05) is 37.6 Å². The van der Waals surface area contributed by atoms with Gasteiger partial charge in [0.1, 0.15) is 0 Å². The number of anilines is 1. The first-order chi connectivity index (χ1) is 9.50. The molecule has 1 aromatic rings. The molecule has 0 unspecified atom stereocenters. The molecule has 0 bridgehead atoms. The lowest BCUT2D eigenvalue weighted by Gasteiger charge is -2.42. The van der Waals surface area contributed by atoms with Crippen LogP contribution < -0.4 is 10.2 Å². The highest BCUT2D eigenvalue weighted by atomic mass is 15.3. The summed E-state index contributed by atoms with van der Waals surface area (Å²) in [6.07, 6.45) is 0. The molecule has 1 aromatic heterocycles. The first-order valence-corrected chi connectivity index (χ1v) is 7.54. The maximum absolute atomic E-state index is 4.36. The van der Waals surface area contributed by atoms with Crippen molar-refractivity contribution in [1.82, 2.24) is 20.4 Å². The molecule has 2 rings (SSSR count). The van der Waals surface area contributed by atoms with Crippen LogP contribution in [0, 0.1) is 0 Å². The summed E-state index contributed by atoms with van der Waals surface area (Å²) < 4.78 is 0. The molecule has 5 heteroatoms. The monoisotopic (exact) mass is 277 g/mol. The van der Waals surface area contributed by atoms with E-state index in [0.717, 1.165) is 50.8 Å².